The van der Waals surface area contributed by atoms with Gasteiger partial charge < -0.3 is 34.1 Å². The average Bonchev–Trinajstić information content (AvgIpc) is 3.40. The normalized spacial score (nSPS) is 20.1. The highest BCUT2D eigenvalue weighted by atomic mass is 19.1. The molecule has 2 amide bonds. The fraction of sp³-hybridized carbons (Fsp3) is 0.576. The minimum atomic E-state index is -0.754. The van der Waals surface area contributed by atoms with E-state index in [4.69, 9.17) is 4.74 Å². The van der Waals surface area contributed by atoms with Crippen LogP contribution in [0.1, 0.15) is 58.4 Å². The molecule has 10 heteroatoms. The molecule has 5 atom stereocenters. The second-order valence-corrected chi connectivity index (χ2v) is 11.9. The number of piperazine rings is 1. The number of benzene rings is 1. The van der Waals surface area contributed by atoms with E-state index in [1.165, 1.54) is 12.1 Å². The number of anilines is 1. The van der Waals surface area contributed by atoms with Crippen molar-refractivity contribution < 1.29 is 33.4 Å². The minimum absolute atomic E-state index is 0.0304. The maximum Gasteiger partial charge on any atom is 0.410 e. The van der Waals surface area contributed by atoms with Crippen molar-refractivity contribution in [3.05, 3.63) is 47.3 Å². The first kappa shape index (κ1) is 34.1. The van der Waals surface area contributed by atoms with Crippen molar-refractivity contribution in [2.45, 2.75) is 65.1 Å². The summed E-state index contributed by atoms with van der Waals surface area (Å²) >= 11 is 0. The lowest BCUT2D eigenvalue weighted by molar-refractivity contribution is -0.117. The number of aliphatic hydroxyl groups is 1. The Kier molecular flexibility index (Phi) is 13.1. The highest BCUT2D eigenvalue weighted by Gasteiger charge is 2.27. The molecular weight excluding hydrogens is 553 g/mol. The summed E-state index contributed by atoms with van der Waals surface area (Å²) in [6.45, 7) is 8.85. The fourth-order valence-electron chi connectivity index (χ4n) is 5.54. The van der Waals surface area contributed by atoms with Crippen LogP contribution in [0.25, 0.3) is 6.08 Å². The number of allylic oxidation sites excluding steroid dienone is 2. The second kappa shape index (κ2) is 16.5. The molecule has 9 nitrogen and oxygen atoms in total. The van der Waals surface area contributed by atoms with Crippen LogP contribution >= 0.6 is 0 Å². The number of hydrogen-bond acceptors (Lipinski definition) is 7. The zero-order valence-electron chi connectivity index (χ0n) is 25.8. The third-order valence-corrected chi connectivity index (χ3v) is 8.41. The first-order valence-electron chi connectivity index (χ1n) is 15.2. The van der Waals surface area contributed by atoms with Crippen molar-refractivity contribution in [1.82, 2.24) is 9.80 Å². The van der Waals surface area contributed by atoms with Gasteiger partial charge in [-0.3, -0.25) is 4.79 Å². The van der Waals surface area contributed by atoms with Crippen molar-refractivity contribution in [2.75, 3.05) is 44.7 Å². The van der Waals surface area contributed by atoms with E-state index in [1.807, 2.05) is 33.9 Å². The molecule has 1 N–H and O–H groups in total. The Labute approximate surface area is 254 Å². The van der Waals surface area contributed by atoms with Gasteiger partial charge in [-0.1, -0.05) is 31.6 Å². The van der Waals surface area contributed by atoms with Crippen LogP contribution in [0.5, 0.6) is 0 Å². The number of hydrogen-bond donors (Lipinski definition) is 1. The van der Waals surface area contributed by atoms with Gasteiger partial charge in [-0.15, -0.1) is 0 Å². The van der Waals surface area contributed by atoms with Crippen LogP contribution in [-0.4, -0.2) is 91.5 Å². The summed E-state index contributed by atoms with van der Waals surface area (Å²) < 4.78 is 20.4. The van der Waals surface area contributed by atoms with E-state index in [0.717, 1.165) is 31.4 Å². The lowest BCUT2D eigenvalue weighted by atomic mass is 9.86. The number of amides is 2. The Bertz CT molecular complexity index is 1180. The number of rotatable bonds is 14. The van der Waals surface area contributed by atoms with Gasteiger partial charge in [-0.25, -0.2) is 9.18 Å². The summed E-state index contributed by atoms with van der Waals surface area (Å²) in [7, 11) is 2.00. The first-order chi connectivity index (χ1) is 20.5. The molecule has 0 aromatic heterocycles. The van der Waals surface area contributed by atoms with Crippen molar-refractivity contribution in [2.24, 2.45) is 17.8 Å². The Morgan fingerprint density at radius 1 is 1.07 bits per heavy atom. The average molecular weight is 600 g/mol. The Hall–Kier alpha value is -3.37. The van der Waals surface area contributed by atoms with Crippen molar-refractivity contribution in [3.8, 4) is 0 Å². The molecule has 1 aromatic carbocycles. The molecule has 2 heterocycles. The number of nitrogens with zero attached hydrogens (tertiary/aromatic N) is 3. The van der Waals surface area contributed by atoms with Crippen molar-refractivity contribution >= 4 is 36.3 Å². The maximum atomic E-state index is 14.5. The van der Waals surface area contributed by atoms with Gasteiger partial charge in [0.15, 0.2) is 0 Å². The Balaban J connectivity index is 1.75. The zero-order valence-corrected chi connectivity index (χ0v) is 25.8. The second-order valence-electron chi connectivity index (χ2n) is 11.9. The number of aliphatic hydroxyl groups excluding tert-OH is 1. The number of ether oxygens (including phenoxy) is 1. The number of likely N-dealkylation sites (N-methyl/N-ethyl adjacent to an activating group) is 1. The van der Waals surface area contributed by atoms with Gasteiger partial charge in [-0.05, 0) is 74.9 Å². The van der Waals surface area contributed by atoms with Gasteiger partial charge in [0.1, 0.15) is 24.5 Å². The lowest BCUT2D eigenvalue weighted by Gasteiger charge is -2.33. The Morgan fingerprint density at radius 2 is 1.79 bits per heavy atom. The number of aldehydes is 2. The van der Waals surface area contributed by atoms with Gasteiger partial charge in [0, 0.05) is 57.2 Å². The summed E-state index contributed by atoms with van der Waals surface area (Å²) in [5, 5.41) is 10.0. The van der Waals surface area contributed by atoms with E-state index in [2.05, 4.69) is 4.90 Å². The first-order valence-corrected chi connectivity index (χ1v) is 15.2. The molecule has 236 valence electrons. The van der Waals surface area contributed by atoms with Gasteiger partial charge in [0.25, 0.3) is 0 Å². The topological polar surface area (TPSA) is 107 Å². The summed E-state index contributed by atoms with van der Waals surface area (Å²) in [6, 6.07) is 4.48. The molecule has 1 aromatic rings. The molecule has 0 radical (unpaired) electrons. The standard InChI is InChI=1S/C33H46FN3O6/c1-23(30(22-39)25(3)18-26-19-27(34)21-28(20-26)37-12-5-6-32(37)41)8-10-31(24(2)7-9-29(40)11-17-38)43-33(42)36-15-13-35(4)14-16-36/h8,10,17-24,29-31,40H,5-7,9,11-16H2,1-4H3/b10-8+,25-18+/t23-,24-,29+,30-,31-/m0/s1. The summed E-state index contributed by atoms with van der Waals surface area (Å²) in [6.07, 6.45) is 7.37. The van der Waals surface area contributed by atoms with Gasteiger partial charge >= 0.3 is 6.09 Å². The van der Waals surface area contributed by atoms with Crippen molar-refractivity contribution in [3.63, 3.8) is 0 Å². The predicted octanol–water partition coefficient (Wildman–Crippen LogP) is 4.48. The molecule has 2 fully saturated rings. The molecule has 0 bridgehead atoms. The SMILES string of the molecule is C/C(=C\c1cc(F)cc(N2CCCC2=O)c1)[C@@H](C=O)[C@@H](C)/C=C/[C@H](OC(=O)N1CCN(C)CC1)[C@@H](C)CC[C@@H](O)CC=O. The van der Waals surface area contributed by atoms with Crippen LogP contribution in [-0.2, 0) is 19.1 Å². The number of carbonyl (C=O) groups is 4. The molecular formula is C33H46FN3O6. The molecule has 2 aliphatic rings. The molecule has 2 aliphatic heterocycles. The molecule has 2 saturated heterocycles. The van der Waals surface area contributed by atoms with E-state index in [-0.39, 0.29) is 24.2 Å². The maximum absolute atomic E-state index is 14.5. The van der Waals surface area contributed by atoms with Crippen LogP contribution in [0.15, 0.2) is 35.9 Å². The monoisotopic (exact) mass is 599 g/mol. The smallest absolute Gasteiger partial charge is 0.410 e. The van der Waals surface area contributed by atoms with E-state index in [1.54, 1.807) is 28.0 Å². The van der Waals surface area contributed by atoms with Crippen LogP contribution in [0.3, 0.4) is 0 Å². The third kappa shape index (κ3) is 10.1. The summed E-state index contributed by atoms with van der Waals surface area (Å²) in [5.74, 6) is -1.41. The molecule has 43 heavy (non-hydrogen) atoms. The van der Waals surface area contributed by atoms with Gasteiger partial charge in [-0.2, -0.15) is 0 Å². The Morgan fingerprint density at radius 3 is 2.42 bits per heavy atom. The molecule has 0 unspecified atom stereocenters. The highest BCUT2D eigenvalue weighted by molar-refractivity contribution is 5.95. The van der Waals surface area contributed by atoms with Crippen LogP contribution < -0.4 is 4.90 Å². The molecule has 0 spiro atoms. The summed E-state index contributed by atoms with van der Waals surface area (Å²) in [5.41, 5.74) is 1.80. The molecule has 0 aliphatic carbocycles. The quantitative estimate of drug-likeness (QED) is 0.248. The summed E-state index contributed by atoms with van der Waals surface area (Å²) in [4.78, 5) is 53.6. The lowest BCUT2D eigenvalue weighted by Crippen LogP contribution is -2.48. The molecule has 3 rings (SSSR count). The zero-order chi connectivity index (χ0) is 31.5. The fourth-order valence-corrected chi connectivity index (χ4v) is 5.54. The number of carbonyl (C=O) groups excluding carboxylic acids is 4. The van der Waals surface area contributed by atoms with E-state index >= 15 is 0 Å². The van der Waals surface area contributed by atoms with Crippen LogP contribution in [0.4, 0.5) is 14.9 Å². The van der Waals surface area contributed by atoms with Gasteiger partial charge in [0.2, 0.25) is 5.91 Å². The van der Waals surface area contributed by atoms with E-state index in [9.17, 15) is 28.7 Å². The van der Waals surface area contributed by atoms with E-state index < -0.39 is 30.0 Å². The van der Waals surface area contributed by atoms with Crippen molar-refractivity contribution in [1.29, 1.82) is 0 Å². The third-order valence-electron chi connectivity index (χ3n) is 8.41. The van der Waals surface area contributed by atoms with E-state index in [0.29, 0.717) is 56.4 Å². The number of halogens is 1. The largest absolute Gasteiger partial charge is 0.442 e. The molecule has 0 saturated carbocycles. The van der Waals surface area contributed by atoms with Crippen LogP contribution in [0.2, 0.25) is 0 Å². The predicted molar refractivity (Wildman–Crippen MR) is 164 cm³/mol. The minimum Gasteiger partial charge on any atom is -0.442 e. The highest BCUT2D eigenvalue weighted by Crippen LogP contribution is 2.28. The van der Waals surface area contributed by atoms with Crippen LogP contribution in [0, 0.1) is 23.6 Å². The van der Waals surface area contributed by atoms with Gasteiger partial charge in [0.05, 0.1) is 6.10 Å².